The highest BCUT2D eigenvalue weighted by Crippen LogP contribution is 2.42. The second kappa shape index (κ2) is 8.78. The van der Waals surface area contributed by atoms with Gasteiger partial charge in [-0.25, -0.2) is 13.5 Å². The summed E-state index contributed by atoms with van der Waals surface area (Å²) in [5.74, 6) is 1.58. The molecule has 0 radical (unpaired) electrons. The third kappa shape index (κ3) is 3.80. The smallest absolute Gasteiger partial charge is 0.260 e. The molecule has 2 aromatic carbocycles. The first kappa shape index (κ1) is 21.3. The number of nitrogens with one attached hydrogen (secondary N) is 2. The molecule has 0 bridgehead atoms. The number of aromatic amines is 1. The molecule has 170 valence electrons. The molecule has 0 aliphatic carbocycles. The standard InChI is InChI=1S/C23H22F2N6OS/c1-2-32-19-11-7-6-10-17(19)30-22(28-29-23(30)33)15-13-26-31-18(20(24)25)12-16(27-21(15)31)14-8-4-3-5-9-14/h3-11,13,16,18,20,27H,2,12H2,1H3,(H,29,33). The Morgan fingerprint density at radius 1 is 1.15 bits per heavy atom. The number of fused-ring (bicyclic) bond motifs is 1. The van der Waals surface area contributed by atoms with E-state index in [9.17, 15) is 8.78 Å². The summed E-state index contributed by atoms with van der Waals surface area (Å²) in [6.45, 7) is 2.38. The maximum Gasteiger partial charge on any atom is 0.260 e. The minimum atomic E-state index is -2.57. The van der Waals surface area contributed by atoms with Gasteiger partial charge in [0, 0.05) is 0 Å². The third-order valence-corrected chi connectivity index (χ3v) is 5.98. The number of ether oxygens (including phenoxy) is 1. The van der Waals surface area contributed by atoms with E-state index in [0.29, 0.717) is 40.0 Å². The Morgan fingerprint density at radius 2 is 1.91 bits per heavy atom. The van der Waals surface area contributed by atoms with Crippen LogP contribution in [-0.4, -0.2) is 37.6 Å². The first-order chi connectivity index (χ1) is 16.1. The highest BCUT2D eigenvalue weighted by Gasteiger charge is 2.36. The number of rotatable bonds is 6. The Balaban J connectivity index is 1.64. The summed E-state index contributed by atoms with van der Waals surface area (Å²) >= 11 is 5.51. The Bertz CT molecular complexity index is 1320. The molecule has 7 nitrogen and oxygen atoms in total. The van der Waals surface area contributed by atoms with Gasteiger partial charge in [0.05, 0.1) is 30.1 Å². The van der Waals surface area contributed by atoms with Gasteiger partial charge in [-0.15, -0.1) is 0 Å². The quantitative estimate of drug-likeness (QED) is 0.363. The number of para-hydroxylation sites is 2. The minimum absolute atomic E-state index is 0.218. The number of hydrogen-bond acceptors (Lipinski definition) is 5. The number of H-pyrrole nitrogens is 1. The molecule has 0 amide bonds. The van der Waals surface area contributed by atoms with Crippen LogP contribution in [0.25, 0.3) is 17.1 Å². The van der Waals surface area contributed by atoms with Crippen molar-refractivity contribution in [2.75, 3.05) is 11.9 Å². The van der Waals surface area contributed by atoms with E-state index >= 15 is 0 Å². The average molecular weight is 469 g/mol. The fourth-order valence-electron chi connectivity index (χ4n) is 4.22. The fraction of sp³-hybridized carbons (Fsp3) is 0.261. The molecule has 4 aromatic rings. The molecule has 0 saturated heterocycles. The zero-order valence-electron chi connectivity index (χ0n) is 17.8. The van der Waals surface area contributed by atoms with Crippen molar-refractivity contribution in [2.45, 2.75) is 31.9 Å². The minimum Gasteiger partial charge on any atom is -0.492 e. The van der Waals surface area contributed by atoms with Crippen LogP contribution >= 0.6 is 12.2 Å². The van der Waals surface area contributed by atoms with Gasteiger partial charge in [-0.3, -0.25) is 9.67 Å². The Labute approximate surface area is 194 Å². The van der Waals surface area contributed by atoms with Gasteiger partial charge in [-0.2, -0.15) is 10.2 Å². The summed E-state index contributed by atoms with van der Waals surface area (Å²) in [4.78, 5) is 0. The number of alkyl halides is 2. The second-order valence-corrected chi connectivity index (χ2v) is 8.07. The summed E-state index contributed by atoms with van der Waals surface area (Å²) < 4.78 is 37.3. The lowest BCUT2D eigenvalue weighted by molar-refractivity contribution is 0.0659. The molecule has 1 aliphatic rings. The van der Waals surface area contributed by atoms with Crippen LogP contribution < -0.4 is 10.1 Å². The Kier molecular flexibility index (Phi) is 5.67. The molecule has 10 heteroatoms. The van der Waals surface area contributed by atoms with Crippen molar-refractivity contribution in [1.82, 2.24) is 24.5 Å². The van der Waals surface area contributed by atoms with Gasteiger partial charge in [-0.1, -0.05) is 42.5 Å². The largest absolute Gasteiger partial charge is 0.492 e. The maximum absolute atomic E-state index is 14.0. The van der Waals surface area contributed by atoms with E-state index < -0.39 is 12.5 Å². The van der Waals surface area contributed by atoms with Gasteiger partial charge in [-0.05, 0) is 43.3 Å². The average Bonchev–Trinajstić information content (AvgIpc) is 3.42. The highest BCUT2D eigenvalue weighted by atomic mass is 32.1. The predicted octanol–water partition coefficient (Wildman–Crippen LogP) is 5.56. The maximum atomic E-state index is 14.0. The molecule has 2 atom stereocenters. The monoisotopic (exact) mass is 468 g/mol. The van der Waals surface area contributed by atoms with Crippen molar-refractivity contribution in [3.8, 4) is 22.8 Å². The summed E-state index contributed by atoms with van der Waals surface area (Å²) in [7, 11) is 0. The fourth-order valence-corrected chi connectivity index (χ4v) is 4.45. The Hall–Kier alpha value is -3.53. The molecule has 2 unspecified atom stereocenters. The number of halogens is 2. The van der Waals surface area contributed by atoms with E-state index in [1.807, 2.05) is 61.5 Å². The lowest BCUT2D eigenvalue weighted by atomic mass is 9.97. The molecule has 0 fully saturated rings. The van der Waals surface area contributed by atoms with Gasteiger partial charge < -0.3 is 10.1 Å². The summed E-state index contributed by atoms with van der Waals surface area (Å²) in [6.07, 6.45) is -0.796. The van der Waals surface area contributed by atoms with Gasteiger partial charge in [0.25, 0.3) is 6.43 Å². The molecule has 33 heavy (non-hydrogen) atoms. The molecular formula is C23H22F2N6OS. The highest BCUT2D eigenvalue weighted by molar-refractivity contribution is 7.71. The van der Waals surface area contributed by atoms with Gasteiger partial charge in [0.15, 0.2) is 10.6 Å². The molecule has 0 saturated carbocycles. The second-order valence-electron chi connectivity index (χ2n) is 7.69. The van der Waals surface area contributed by atoms with E-state index in [1.54, 1.807) is 10.8 Å². The predicted molar refractivity (Wildman–Crippen MR) is 124 cm³/mol. The summed E-state index contributed by atoms with van der Waals surface area (Å²) in [5.41, 5.74) is 2.20. The first-order valence-corrected chi connectivity index (χ1v) is 11.1. The first-order valence-electron chi connectivity index (χ1n) is 10.7. The molecule has 0 spiro atoms. The number of aromatic nitrogens is 5. The van der Waals surface area contributed by atoms with Crippen molar-refractivity contribution in [3.05, 3.63) is 71.1 Å². The van der Waals surface area contributed by atoms with Gasteiger partial charge >= 0.3 is 0 Å². The summed E-state index contributed by atoms with van der Waals surface area (Å²) in [6, 6.07) is 15.7. The van der Waals surface area contributed by atoms with Crippen molar-refractivity contribution < 1.29 is 13.5 Å². The van der Waals surface area contributed by atoms with Crippen LogP contribution in [0.1, 0.15) is 31.0 Å². The molecular weight excluding hydrogens is 446 g/mol. The van der Waals surface area contributed by atoms with Crippen LogP contribution in [0.2, 0.25) is 0 Å². The van der Waals surface area contributed by atoms with Crippen molar-refractivity contribution in [2.24, 2.45) is 0 Å². The van der Waals surface area contributed by atoms with Crippen LogP contribution in [0.3, 0.4) is 0 Å². The molecule has 2 aromatic heterocycles. The van der Waals surface area contributed by atoms with Crippen LogP contribution in [0.15, 0.2) is 60.8 Å². The van der Waals surface area contributed by atoms with E-state index in [1.165, 1.54) is 4.68 Å². The number of anilines is 1. The SMILES string of the molecule is CCOc1ccccc1-n1c(-c2cnn3c2NC(c2ccccc2)CC3C(F)F)n[nH]c1=S. The van der Waals surface area contributed by atoms with E-state index in [0.717, 1.165) is 5.56 Å². The van der Waals surface area contributed by atoms with E-state index in [-0.39, 0.29) is 12.5 Å². The number of hydrogen-bond donors (Lipinski definition) is 2. The van der Waals surface area contributed by atoms with Crippen molar-refractivity contribution >= 4 is 18.0 Å². The molecule has 2 N–H and O–H groups in total. The molecule has 5 rings (SSSR count). The molecule has 3 heterocycles. The summed E-state index contributed by atoms with van der Waals surface area (Å²) in [5, 5.41) is 15.0. The number of nitrogens with zero attached hydrogens (tertiary/aromatic N) is 4. The zero-order chi connectivity index (χ0) is 22.9. The van der Waals surface area contributed by atoms with Crippen LogP contribution in [0.5, 0.6) is 5.75 Å². The van der Waals surface area contributed by atoms with Crippen molar-refractivity contribution in [3.63, 3.8) is 0 Å². The lowest BCUT2D eigenvalue weighted by Crippen LogP contribution is -2.31. The van der Waals surface area contributed by atoms with Gasteiger partial charge in [0.1, 0.15) is 17.6 Å². The zero-order valence-corrected chi connectivity index (χ0v) is 18.6. The van der Waals surface area contributed by atoms with E-state index in [2.05, 4.69) is 20.6 Å². The normalized spacial score (nSPS) is 17.6. The van der Waals surface area contributed by atoms with Crippen LogP contribution in [0.4, 0.5) is 14.6 Å². The van der Waals surface area contributed by atoms with Crippen molar-refractivity contribution in [1.29, 1.82) is 0 Å². The number of benzene rings is 2. The van der Waals surface area contributed by atoms with Crippen LogP contribution in [0, 0.1) is 4.77 Å². The topological polar surface area (TPSA) is 72.7 Å². The third-order valence-electron chi connectivity index (χ3n) is 5.71. The Morgan fingerprint density at radius 3 is 2.67 bits per heavy atom. The van der Waals surface area contributed by atoms with E-state index in [4.69, 9.17) is 17.0 Å². The molecule has 1 aliphatic heterocycles. The van der Waals surface area contributed by atoms with Gasteiger partial charge in [0.2, 0.25) is 0 Å². The van der Waals surface area contributed by atoms with Crippen LogP contribution in [-0.2, 0) is 0 Å². The lowest BCUT2D eigenvalue weighted by Gasteiger charge is -2.32.